The van der Waals surface area contributed by atoms with Crippen LogP contribution in [0.4, 0.5) is 0 Å². The molecule has 0 aliphatic carbocycles. The van der Waals surface area contributed by atoms with Gasteiger partial charge >= 0.3 is 5.97 Å². The first-order valence-corrected chi connectivity index (χ1v) is 7.77. The smallest absolute Gasteiger partial charge is 0.373 e. The average molecular weight is 339 g/mol. The molecule has 0 atom stereocenters. The molecule has 120 valence electrons. The van der Waals surface area contributed by atoms with Crippen molar-refractivity contribution in [2.75, 3.05) is 0 Å². The number of aromatic carboxylic acids is 1. The van der Waals surface area contributed by atoms with E-state index in [9.17, 15) is 9.90 Å². The van der Waals surface area contributed by atoms with E-state index < -0.39 is 5.97 Å². The number of hydrogen-bond acceptors (Lipinski definition) is 3. The Morgan fingerprint density at radius 3 is 2.38 bits per heavy atom. The second-order valence-corrected chi connectivity index (χ2v) is 6.02. The lowest BCUT2D eigenvalue weighted by molar-refractivity contribution is 0.0683. The Labute approximate surface area is 144 Å². The highest BCUT2D eigenvalue weighted by atomic mass is 35.5. The monoisotopic (exact) mass is 338 g/mol. The molecule has 3 aromatic rings. The first-order valence-electron chi connectivity index (χ1n) is 7.39. The van der Waals surface area contributed by atoms with E-state index in [1.807, 2.05) is 44.2 Å². The lowest BCUT2D eigenvalue weighted by atomic mass is 9.96. The van der Waals surface area contributed by atoms with E-state index in [1.165, 1.54) is 0 Å². The lowest BCUT2D eigenvalue weighted by Crippen LogP contribution is -2.06. The van der Waals surface area contributed by atoms with Gasteiger partial charge in [-0.3, -0.25) is 0 Å². The van der Waals surface area contributed by atoms with Gasteiger partial charge in [0.1, 0.15) is 0 Å². The summed E-state index contributed by atoms with van der Waals surface area (Å²) in [4.78, 5) is 19.5. The normalized spacial score (nSPS) is 10.6. The maximum Gasteiger partial charge on any atom is 0.373 e. The van der Waals surface area contributed by atoms with Crippen LogP contribution in [-0.4, -0.2) is 21.0 Å². The predicted octanol–water partition coefficient (Wildman–Crippen LogP) is 4.78. The summed E-state index contributed by atoms with van der Waals surface area (Å²) in [5.74, 6) is -1.37. The molecule has 0 unspecified atom stereocenters. The van der Waals surface area contributed by atoms with Gasteiger partial charge in [-0.25, -0.2) is 14.8 Å². The molecule has 0 saturated carbocycles. The summed E-state index contributed by atoms with van der Waals surface area (Å²) < 4.78 is 0. The van der Waals surface area contributed by atoms with Crippen LogP contribution in [0.15, 0.2) is 48.7 Å². The van der Waals surface area contributed by atoms with Gasteiger partial charge in [0.05, 0.1) is 5.69 Å². The summed E-state index contributed by atoms with van der Waals surface area (Å²) in [6, 6.07) is 13.3. The fourth-order valence-electron chi connectivity index (χ4n) is 2.61. The minimum atomic E-state index is -1.15. The van der Waals surface area contributed by atoms with Crippen LogP contribution < -0.4 is 0 Å². The SMILES string of the molecule is Cc1ccc(-c2nc(C(=O)O)ncc2-c2ccc(Cl)cc2)c(C)c1. The third-order valence-corrected chi connectivity index (χ3v) is 4.02. The molecule has 3 rings (SSSR count). The largest absolute Gasteiger partial charge is 0.475 e. The minimum absolute atomic E-state index is 0.220. The van der Waals surface area contributed by atoms with Gasteiger partial charge in [0.15, 0.2) is 0 Å². The van der Waals surface area contributed by atoms with Gasteiger partial charge < -0.3 is 5.11 Å². The van der Waals surface area contributed by atoms with E-state index in [1.54, 1.807) is 18.3 Å². The number of rotatable bonds is 3. The minimum Gasteiger partial charge on any atom is -0.475 e. The molecule has 0 aliphatic heterocycles. The molecule has 1 heterocycles. The molecule has 2 aromatic carbocycles. The van der Waals surface area contributed by atoms with Crippen molar-refractivity contribution in [1.29, 1.82) is 0 Å². The molecule has 1 N–H and O–H groups in total. The van der Waals surface area contributed by atoms with Crippen molar-refractivity contribution in [2.45, 2.75) is 13.8 Å². The third kappa shape index (κ3) is 3.14. The van der Waals surface area contributed by atoms with Crippen molar-refractivity contribution >= 4 is 17.6 Å². The van der Waals surface area contributed by atoms with E-state index in [-0.39, 0.29) is 5.82 Å². The zero-order valence-electron chi connectivity index (χ0n) is 13.2. The van der Waals surface area contributed by atoms with Crippen molar-refractivity contribution in [1.82, 2.24) is 9.97 Å². The lowest BCUT2D eigenvalue weighted by Gasteiger charge is -2.12. The Morgan fingerprint density at radius 1 is 1.04 bits per heavy atom. The van der Waals surface area contributed by atoms with E-state index in [0.717, 1.165) is 27.8 Å². The van der Waals surface area contributed by atoms with Crippen LogP contribution in [0.1, 0.15) is 21.7 Å². The van der Waals surface area contributed by atoms with Gasteiger partial charge in [0.25, 0.3) is 0 Å². The topological polar surface area (TPSA) is 63.1 Å². The summed E-state index contributed by atoms with van der Waals surface area (Å²) in [6.07, 6.45) is 1.55. The number of carboxylic acid groups (broad SMARTS) is 1. The van der Waals surface area contributed by atoms with E-state index in [2.05, 4.69) is 9.97 Å². The van der Waals surface area contributed by atoms with Crippen LogP contribution in [0.25, 0.3) is 22.4 Å². The van der Waals surface area contributed by atoms with Gasteiger partial charge in [-0.1, -0.05) is 47.5 Å². The molecule has 0 fully saturated rings. The predicted molar refractivity (Wildman–Crippen MR) is 94.3 cm³/mol. The fraction of sp³-hybridized carbons (Fsp3) is 0.105. The first-order chi connectivity index (χ1) is 11.5. The summed E-state index contributed by atoms with van der Waals surface area (Å²) in [7, 11) is 0. The number of carbonyl (C=O) groups is 1. The molecule has 0 bridgehead atoms. The highest BCUT2D eigenvalue weighted by Gasteiger charge is 2.16. The molecule has 0 spiro atoms. The van der Waals surface area contributed by atoms with Crippen LogP contribution in [0.3, 0.4) is 0 Å². The van der Waals surface area contributed by atoms with Crippen molar-refractivity contribution in [3.63, 3.8) is 0 Å². The van der Waals surface area contributed by atoms with E-state index >= 15 is 0 Å². The van der Waals surface area contributed by atoms with E-state index in [4.69, 9.17) is 11.6 Å². The molecular weight excluding hydrogens is 324 g/mol. The maximum atomic E-state index is 11.3. The fourth-order valence-corrected chi connectivity index (χ4v) is 2.74. The van der Waals surface area contributed by atoms with Crippen molar-refractivity contribution in [3.05, 3.63) is 70.6 Å². The Hall–Kier alpha value is -2.72. The number of aromatic nitrogens is 2. The molecule has 0 saturated heterocycles. The Morgan fingerprint density at radius 2 is 1.75 bits per heavy atom. The molecule has 4 nitrogen and oxygen atoms in total. The van der Waals surface area contributed by atoms with Crippen LogP contribution in [0.2, 0.25) is 5.02 Å². The van der Waals surface area contributed by atoms with Crippen molar-refractivity contribution in [2.24, 2.45) is 0 Å². The molecule has 1 aromatic heterocycles. The Bertz CT molecular complexity index is 921. The standard InChI is InChI=1S/C19H15ClN2O2/c1-11-3-8-15(12(2)9-11)17-16(10-21-18(22-17)19(23)24)13-4-6-14(20)7-5-13/h3-10H,1-2H3,(H,23,24). The molecule has 5 heteroatoms. The van der Waals surface area contributed by atoms with Crippen LogP contribution in [0, 0.1) is 13.8 Å². The van der Waals surface area contributed by atoms with Crippen LogP contribution in [0.5, 0.6) is 0 Å². The van der Waals surface area contributed by atoms with Crippen molar-refractivity contribution in [3.8, 4) is 22.4 Å². The zero-order chi connectivity index (χ0) is 17.3. The summed E-state index contributed by atoms with van der Waals surface area (Å²) in [5.41, 5.74) is 5.30. The molecular formula is C19H15ClN2O2. The second-order valence-electron chi connectivity index (χ2n) is 5.59. The highest BCUT2D eigenvalue weighted by molar-refractivity contribution is 6.30. The number of aryl methyl sites for hydroxylation is 2. The summed E-state index contributed by atoms with van der Waals surface area (Å²) in [6.45, 7) is 4.00. The Kier molecular flexibility index (Phi) is 4.32. The number of hydrogen-bond donors (Lipinski definition) is 1. The maximum absolute atomic E-state index is 11.3. The van der Waals surface area contributed by atoms with E-state index in [0.29, 0.717) is 10.7 Å². The quantitative estimate of drug-likeness (QED) is 0.746. The number of nitrogens with zero attached hydrogens (tertiary/aromatic N) is 2. The number of carboxylic acids is 1. The average Bonchev–Trinajstić information content (AvgIpc) is 2.55. The van der Waals surface area contributed by atoms with Gasteiger partial charge in [-0.15, -0.1) is 0 Å². The summed E-state index contributed by atoms with van der Waals surface area (Å²) >= 11 is 5.96. The Balaban J connectivity index is 2.26. The third-order valence-electron chi connectivity index (χ3n) is 3.77. The highest BCUT2D eigenvalue weighted by Crippen LogP contribution is 2.32. The van der Waals surface area contributed by atoms with Crippen LogP contribution >= 0.6 is 11.6 Å². The molecule has 24 heavy (non-hydrogen) atoms. The molecule has 0 radical (unpaired) electrons. The first kappa shape index (κ1) is 16.1. The zero-order valence-corrected chi connectivity index (χ0v) is 14.0. The van der Waals surface area contributed by atoms with Crippen LogP contribution in [-0.2, 0) is 0 Å². The van der Waals surface area contributed by atoms with Gasteiger partial charge in [0.2, 0.25) is 5.82 Å². The van der Waals surface area contributed by atoms with Gasteiger partial charge in [0, 0.05) is 22.3 Å². The van der Waals surface area contributed by atoms with Gasteiger partial charge in [-0.2, -0.15) is 0 Å². The van der Waals surface area contributed by atoms with Gasteiger partial charge in [-0.05, 0) is 37.1 Å². The van der Waals surface area contributed by atoms with Crippen molar-refractivity contribution < 1.29 is 9.90 Å². The number of halogens is 1. The number of benzene rings is 2. The molecule has 0 amide bonds. The summed E-state index contributed by atoms with van der Waals surface area (Å²) in [5, 5.41) is 9.86. The second kappa shape index (κ2) is 6.42. The molecule has 0 aliphatic rings.